The van der Waals surface area contributed by atoms with Crippen LogP contribution in [0.15, 0.2) is 54.7 Å². The molecule has 4 heteroatoms. The van der Waals surface area contributed by atoms with Crippen LogP contribution in [0.3, 0.4) is 0 Å². The second-order valence-electron chi connectivity index (χ2n) is 4.93. The predicted molar refractivity (Wildman–Crippen MR) is 85.1 cm³/mol. The van der Waals surface area contributed by atoms with E-state index in [1.807, 2.05) is 37.3 Å². The summed E-state index contributed by atoms with van der Waals surface area (Å²) in [5.74, 6) is -0.607. The van der Waals surface area contributed by atoms with Crippen LogP contribution >= 0.6 is 0 Å². The Morgan fingerprint density at radius 1 is 1.18 bits per heavy atom. The molecule has 1 heterocycles. The summed E-state index contributed by atoms with van der Waals surface area (Å²) in [5.41, 5.74) is 2.63. The lowest BCUT2D eigenvalue weighted by Gasteiger charge is -2.12. The summed E-state index contributed by atoms with van der Waals surface area (Å²) < 4.78 is 13.6. The van der Waals surface area contributed by atoms with Gasteiger partial charge in [0.15, 0.2) is 0 Å². The number of benzene rings is 2. The molecule has 110 valence electrons. The Hall–Kier alpha value is -2.75. The van der Waals surface area contributed by atoms with Gasteiger partial charge in [0.25, 0.3) is 5.91 Å². The van der Waals surface area contributed by atoms with E-state index in [-0.39, 0.29) is 11.7 Å². The molecule has 1 aromatic heterocycles. The Bertz CT molecular complexity index is 831. The molecule has 3 aromatic rings. The fourth-order valence-electron chi connectivity index (χ4n) is 2.49. The van der Waals surface area contributed by atoms with Gasteiger partial charge in [0, 0.05) is 23.7 Å². The smallest absolute Gasteiger partial charge is 0.252 e. The van der Waals surface area contributed by atoms with E-state index in [9.17, 15) is 9.18 Å². The quantitative estimate of drug-likeness (QED) is 0.798. The highest BCUT2D eigenvalue weighted by molar-refractivity contribution is 6.11. The van der Waals surface area contributed by atoms with Crippen molar-refractivity contribution in [3.63, 3.8) is 0 Å². The summed E-state index contributed by atoms with van der Waals surface area (Å²) in [7, 11) is 0. The molecule has 22 heavy (non-hydrogen) atoms. The number of fused-ring (bicyclic) bond motifs is 1. The predicted octanol–water partition coefficient (Wildman–Crippen LogP) is 3.79. The molecule has 2 aromatic carbocycles. The monoisotopic (exact) mass is 294 g/mol. The number of hydrogen-bond acceptors (Lipinski definition) is 2. The molecule has 0 atom stereocenters. The normalized spacial score (nSPS) is 10.6. The summed E-state index contributed by atoms with van der Waals surface area (Å²) in [6.07, 6.45) is 1.67. The number of carbonyl (C=O) groups is 1. The molecule has 0 saturated carbocycles. The van der Waals surface area contributed by atoms with Crippen molar-refractivity contribution >= 4 is 16.8 Å². The fourth-order valence-corrected chi connectivity index (χ4v) is 2.49. The molecule has 1 N–H and O–H groups in total. The number of amides is 1. The fraction of sp³-hybridized carbons (Fsp3) is 0.111. The third-order valence-corrected chi connectivity index (χ3v) is 3.48. The molecule has 3 nitrogen and oxygen atoms in total. The van der Waals surface area contributed by atoms with Crippen molar-refractivity contribution < 1.29 is 9.18 Å². The molecule has 0 radical (unpaired) electrons. The zero-order valence-corrected chi connectivity index (χ0v) is 12.1. The molecule has 0 bridgehead atoms. The van der Waals surface area contributed by atoms with E-state index in [0.717, 1.165) is 5.56 Å². The van der Waals surface area contributed by atoms with Gasteiger partial charge in [-0.2, -0.15) is 0 Å². The Morgan fingerprint density at radius 3 is 2.68 bits per heavy atom. The number of pyridine rings is 1. The summed E-state index contributed by atoms with van der Waals surface area (Å²) in [6, 6.07) is 13.8. The molecule has 0 fully saturated rings. The number of halogens is 1. The summed E-state index contributed by atoms with van der Waals surface area (Å²) >= 11 is 0. The lowest BCUT2D eigenvalue weighted by Crippen LogP contribution is -2.23. The molecule has 1 amide bonds. The standard InChI is InChI=1S/C18H15FN2O/c1-2-20-18(22)17-14-10-13(19)8-9-16(14)21-11-15(17)12-6-4-3-5-7-12/h3-11H,2H2,1H3,(H,20,22). The summed E-state index contributed by atoms with van der Waals surface area (Å²) in [5, 5.41) is 3.32. The van der Waals surface area contributed by atoms with Gasteiger partial charge < -0.3 is 5.32 Å². The van der Waals surface area contributed by atoms with Gasteiger partial charge in [0.1, 0.15) is 5.82 Å². The van der Waals surface area contributed by atoms with Crippen LogP contribution in [0.4, 0.5) is 4.39 Å². The first-order valence-electron chi connectivity index (χ1n) is 7.12. The van der Waals surface area contributed by atoms with Crippen molar-refractivity contribution in [1.29, 1.82) is 0 Å². The van der Waals surface area contributed by atoms with Crippen LogP contribution in [0.25, 0.3) is 22.0 Å². The Labute approximate surface area is 127 Å². The van der Waals surface area contributed by atoms with Gasteiger partial charge in [-0.3, -0.25) is 9.78 Å². The third-order valence-electron chi connectivity index (χ3n) is 3.48. The van der Waals surface area contributed by atoms with Crippen molar-refractivity contribution in [2.24, 2.45) is 0 Å². The van der Waals surface area contributed by atoms with E-state index in [4.69, 9.17) is 0 Å². The van der Waals surface area contributed by atoms with Crippen LogP contribution in [-0.4, -0.2) is 17.4 Å². The molecule has 0 aliphatic heterocycles. The SMILES string of the molecule is CCNC(=O)c1c(-c2ccccc2)cnc2ccc(F)cc12. The van der Waals surface area contributed by atoms with E-state index in [1.165, 1.54) is 12.1 Å². The Kier molecular flexibility index (Phi) is 3.83. The van der Waals surface area contributed by atoms with Crippen LogP contribution in [0, 0.1) is 5.82 Å². The van der Waals surface area contributed by atoms with Crippen LogP contribution in [0.5, 0.6) is 0 Å². The largest absolute Gasteiger partial charge is 0.352 e. The Morgan fingerprint density at radius 2 is 1.95 bits per heavy atom. The van der Waals surface area contributed by atoms with Gasteiger partial charge in [0.2, 0.25) is 0 Å². The molecule has 0 spiro atoms. The minimum absolute atomic E-state index is 0.223. The number of aromatic nitrogens is 1. The number of nitrogens with one attached hydrogen (secondary N) is 1. The van der Waals surface area contributed by atoms with Crippen LogP contribution in [-0.2, 0) is 0 Å². The van der Waals surface area contributed by atoms with E-state index >= 15 is 0 Å². The molecule has 0 aliphatic carbocycles. The summed E-state index contributed by atoms with van der Waals surface area (Å²) in [6.45, 7) is 2.36. The first kappa shape index (κ1) is 14.2. The maximum Gasteiger partial charge on any atom is 0.252 e. The van der Waals surface area contributed by atoms with Crippen molar-refractivity contribution in [3.05, 3.63) is 66.1 Å². The van der Waals surface area contributed by atoms with Crippen molar-refractivity contribution in [1.82, 2.24) is 10.3 Å². The van der Waals surface area contributed by atoms with Gasteiger partial charge in [-0.1, -0.05) is 30.3 Å². The van der Waals surface area contributed by atoms with Gasteiger partial charge in [-0.15, -0.1) is 0 Å². The topological polar surface area (TPSA) is 42.0 Å². The van der Waals surface area contributed by atoms with Gasteiger partial charge >= 0.3 is 0 Å². The third kappa shape index (κ3) is 2.55. The minimum atomic E-state index is -0.384. The van der Waals surface area contributed by atoms with E-state index in [0.29, 0.717) is 28.6 Å². The first-order chi connectivity index (χ1) is 10.7. The highest BCUT2D eigenvalue weighted by Crippen LogP contribution is 2.29. The highest BCUT2D eigenvalue weighted by Gasteiger charge is 2.17. The number of carbonyl (C=O) groups excluding carboxylic acids is 1. The van der Waals surface area contributed by atoms with Gasteiger partial charge in [-0.05, 0) is 30.7 Å². The first-order valence-corrected chi connectivity index (χ1v) is 7.12. The molecular formula is C18H15FN2O. The van der Waals surface area contributed by atoms with Crippen molar-refractivity contribution in [2.45, 2.75) is 6.92 Å². The second kappa shape index (κ2) is 5.93. The van der Waals surface area contributed by atoms with Gasteiger partial charge in [-0.25, -0.2) is 4.39 Å². The van der Waals surface area contributed by atoms with Crippen LogP contribution in [0.1, 0.15) is 17.3 Å². The molecule has 0 saturated heterocycles. The lowest BCUT2D eigenvalue weighted by atomic mass is 9.97. The van der Waals surface area contributed by atoms with Crippen LogP contribution in [0.2, 0.25) is 0 Å². The highest BCUT2D eigenvalue weighted by atomic mass is 19.1. The summed E-state index contributed by atoms with van der Waals surface area (Å²) in [4.78, 5) is 16.9. The molecular weight excluding hydrogens is 279 g/mol. The minimum Gasteiger partial charge on any atom is -0.352 e. The van der Waals surface area contributed by atoms with Gasteiger partial charge in [0.05, 0.1) is 11.1 Å². The number of nitrogens with zero attached hydrogens (tertiary/aromatic N) is 1. The maximum atomic E-state index is 13.6. The van der Waals surface area contributed by atoms with Crippen LogP contribution < -0.4 is 5.32 Å². The molecule has 3 rings (SSSR count). The second-order valence-corrected chi connectivity index (χ2v) is 4.93. The molecule has 0 aliphatic rings. The Balaban J connectivity index is 2.32. The number of hydrogen-bond donors (Lipinski definition) is 1. The zero-order valence-electron chi connectivity index (χ0n) is 12.1. The number of rotatable bonds is 3. The average Bonchev–Trinajstić information content (AvgIpc) is 2.54. The maximum absolute atomic E-state index is 13.6. The lowest BCUT2D eigenvalue weighted by molar-refractivity contribution is 0.0958. The van der Waals surface area contributed by atoms with E-state index in [2.05, 4.69) is 10.3 Å². The van der Waals surface area contributed by atoms with Crippen molar-refractivity contribution in [3.8, 4) is 11.1 Å². The molecule has 0 unspecified atom stereocenters. The van der Waals surface area contributed by atoms with E-state index in [1.54, 1.807) is 12.3 Å². The zero-order chi connectivity index (χ0) is 15.5. The average molecular weight is 294 g/mol. The van der Waals surface area contributed by atoms with E-state index < -0.39 is 0 Å². The van der Waals surface area contributed by atoms with Crippen molar-refractivity contribution in [2.75, 3.05) is 6.54 Å².